The first-order valence-corrected chi connectivity index (χ1v) is 5.67. The number of β-amino-alcohol motifs (C(OH)–C–C–N with tert-alkyl or cyclic N) is 1. The van der Waals surface area contributed by atoms with E-state index < -0.39 is 47.0 Å². The van der Waals surface area contributed by atoms with Crippen LogP contribution in [0.15, 0.2) is 12.1 Å². The van der Waals surface area contributed by atoms with Gasteiger partial charge in [-0.25, -0.2) is 18.0 Å². The number of carbonyl (C=O) groups is 2. The number of aliphatic hydroxyl groups is 1. The minimum absolute atomic E-state index is 0.231. The van der Waals surface area contributed by atoms with Crippen LogP contribution < -0.4 is 0 Å². The van der Waals surface area contributed by atoms with Crippen LogP contribution in [0.25, 0.3) is 0 Å². The maximum absolute atomic E-state index is 13.5. The van der Waals surface area contributed by atoms with Crippen molar-refractivity contribution in [1.82, 2.24) is 4.90 Å². The zero-order valence-electron chi connectivity index (χ0n) is 10.0. The molecule has 0 radical (unpaired) electrons. The quantitative estimate of drug-likeness (QED) is 0.842. The smallest absolute Gasteiger partial charge is 0.326 e. The Balaban J connectivity index is 2.39. The summed E-state index contributed by atoms with van der Waals surface area (Å²) < 4.78 is 39.8. The molecular weight excluding hydrogens is 279 g/mol. The number of carbonyl (C=O) groups excluding carboxylic acids is 1. The van der Waals surface area contributed by atoms with Crippen molar-refractivity contribution in [2.24, 2.45) is 0 Å². The molecule has 1 heterocycles. The summed E-state index contributed by atoms with van der Waals surface area (Å²) >= 11 is 0. The summed E-state index contributed by atoms with van der Waals surface area (Å²) in [5, 5.41) is 18.3. The summed E-state index contributed by atoms with van der Waals surface area (Å²) in [4.78, 5) is 23.6. The topological polar surface area (TPSA) is 77.8 Å². The molecule has 20 heavy (non-hydrogen) atoms. The second-order valence-electron chi connectivity index (χ2n) is 4.45. The highest BCUT2D eigenvalue weighted by Gasteiger charge is 2.40. The molecule has 8 heteroatoms. The molecule has 1 aromatic carbocycles. The number of nitrogens with zero attached hydrogens (tertiary/aromatic N) is 1. The van der Waals surface area contributed by atoms with Gasteiger partial charge in [-0.15, -0.1) is 0 Å². The third-order valence-corrected chi connectivity index (χ3v) is 3.05. The van der Waals surface area contributed by atoms with Gasteiger partial charge in [0.2, 0.25) is 0 Å². The Labute approximate surface area is 111 Å². The fourth-order valence-corrected chi connectivity index (χ4v) is 2.16. The number of carboxylic acids is 1. The molecule has 108 valence electrons. The van der Waals surface area contributed by atoms with E-state index in [0.717, 1.165) is 0 Å². The van der Waals surface area contributed by atoms with E-state index in [0.29, 0.717) is 17.0 Å². The van der Waals surface area contributed by atoms with Crippen molar-refractivity contribution in [3.63, 3.8) is 0 Å². The summed E-state index contributed by atoms with van der Waals surface area (Å²) in [5.74, 6) is -6.65. The number of halogens is 3. The monoisotopic (exact) mass is 289 g/mol. The highest BCUT2D eigenvalue weighted by molar-refractivity contribution is 5.97. The van der Waals surface area contributed by atoms with Crippen LogP contribution in [0.2, 0.25) is 0 Å². The third-order valence-electron chi connectivity index (χ3n) is 3.05. The normalized spacial score (nSPS) is 22.1. The standard InChI is InChI=1S/C12H10F3NO4/c13-5-1-7(14)10(8(15)2-5)11(18)16-4-6(17)3-9(16)12(19)20/h1-2,6,9,17H,3-4H2,(H,19,20)/t6?,9-/m0/s1. The number of aliphatic carboxylic acids is 1. The van der Waals surface area contributed by atoms with Crippen LogP contribution in [0, 0.1) is 17.5 Å². The Kier molecular flexibility index (Phi) is 3.67. The minimum Gasteiger partial charge on any atom is -0.480 e. The van der Waals surface area contributed by atoms with E-state index in [1.54, 1.807) is 0 Å². The zero-order chi connectivity index (χ0) is 15.0. The predicted molar refractivity (Wildman–Crippen MR) is 59.4 cm³/mol. The predicted octanol–water partition coefficient (Wildman–Crippen LogP) is 0.764. The number of aliphatic hydroxyl groups excluding tert-OH is 1. The van der Waals surface area contributed by atoms with Gasteiger partial charge in [-0.3, -0.25) is 4.79 Å². The molecule has 1 saturated heterocycles. The molecule has 1 unspecified atom stereocenters. The molecular formula is C12H10F3NO4. The van der Waals surface area contributed by atoms with Gasteiger partial charge >= 0.3 is 5.97 Å². The molecule has 0 spiro atoms. The van der Waals surface area contributed by atoms with Gasteiger partial charge in [0.05, 0.1) is 6.10 Å². The lowest BCUT2D eigenvalue weighted by molar-refractivity contribution is -0.141. The van der Waals surface area contributed by atoms with Crippen molar-refractivity contribution < 1.29 is 33.0 Å². The fourth-order valence-electron chi connectivity index (χ4n) is 2.16. The first-order valence-electron chi connectivity index (χ1n) is 5.67. The van der Waals surface area contributed by atoms with Crippen LogP contribution in [0.1, 0.15) is 16.8 Å². The summed E-state index contributed by atoms with van der Waals surface area (Å²) in [6.45, 7) is -0.355. The molecule has 1 aliphatic rings. The molecule has 0 aromatic heterocycles. The van der Waals surface area contributed by atoms with Gasteiger partial charge in [-0.05, 0) is 0 Å². The molecule has 1 aromatic rings. The van der Waals surface area contributed by atoms with Crippen molar-refractivity contribution >= 4 is 11.9 Å². The van der Waals surface area contributed by atoms with Crippen molar-refractivity contribution in [3.05, 3.63) is 35.1 Å². The van der Waals surface area contributed by atoms with E-state index in [2.05, 4.69) is 0 Å². The van der Waals surface area contributed by atoms with Crippen LogP contribution in [0.3, 0.4) is 0 Å². The van der Waals surface area contributed by atoms with E-state index in [-0.39, 0.29) is 13.0 Å². The Bertz CT molecular complexity index is 555. The van der Waals surface area contributed by atoms with E-state index in [1.165, 1.54) is 0 Å². The molecule has 1 aliphatic heterocycles. The number of rotatable bonds is 2. The number of hydrogen-bond donors (Lipinski definition) is 2. The zero-order valence-corrected chi connectivity index (χ0v) is 10.0. The SMILES string of the molecule is O=C(O)[C@@H]1CC(O)CN1C(=O)c1c(F)cc(F)cc1F. The Morgan fingerprint density at radius 1 is 1.20 bits per heavy atom. The average molecular weight is 289 g/mol. The van der Waals surface area contributed by atoms with Crippen LogP contribution >= 0.6 is 0 Å². The Hall–Kier alpha value is -2.09. The van der Waals surface area contributed by atoms with Crippen LogP contribution in [-0.4, -0.2) is 45.7 Å². The molecule has 1 fully saturated rings. The van der Waals surface area contributed by atoms with E-state index in [4.69, 9.17) is 5.11 Å². The first kappa shape index (κ1) is 14.3. The van der Waals surface area contributed by atoms with E-state index >= 15 is 0 Å². The van der Waals surface area contributed by atoms with Crippen molar-refractivity contribution in [2.75, 3.05) is 6.54 Å². The Morgan fingerprint density at radius 3 is 2.25 bits per heavy atom. The number of benzene rings is 1. The number of amides is 1. The molecule has 0 bridgehead atoms. The molecule has 2 rings (SSSR count). The Morgan fingerprint density at radius 2 is 1.75 bits per heavy atom. The molecule has 5 nitrogen and oxygen atoms in total. The van der Waals surface area contributed by atoms with Crippen LogP contribution in [0.5, 0.6) is 0 Å². The molecule has 1 amide bonds. The molecule has 2 atom stereocenters. The van der Waals surface area contributed by atoms with Gasteiger partial charge in [-0.1, -0.05) is 0 Å². The molecule has 0 saturated carbocycles. The molecule has 2 N–H and O–H groups in total. The highest BCUT2D eigenvalue weighted by Crippen LogP contribution is 2.24. The average Bonchev–Trinajstić information content (AvgIpc) is 2.70. The second-order valence-corrected chi connectivity index (χ2v) is 4.45. The number of carboxylic acid groups (broad SMARTS) is 1. The van der Waals surface area contributed by atoms with Gasteiger partial charge in [-0.2, -0.15) is 0 Å². The summed E-state index contributed by atoms with van der Waals surface area (Å²) in [6, 6.07) is -0.710. The van der Waals surface area contributed by atoms with Gasteiger partial charge in [0, 0.05) is 25.1 Å². The lowest BCUT2D eigenvalue weighted by atomic mass is 10.1. The van der Waals surface area contributed by atoms with E-state index in [1.807, 2.05) is 0 Å². The minimum atomic E-state index is -1.42. The van der Waals surface area contributed by atoms with Gasteiger partial charge in [0.25, 0.3) is 5.91 Å². The maximum Gasteiger partial charge on any atom is 0.326 e. The third kappa shape index (κ3) is 2.46. The molecule has 0 aliphatic carbocycles. The maximum atomic E-state index is 13.5. The van der Waals surface area contributed by atoms with Crippen molar-refractivity contribution in [3.8, 4) is 0 Å². The fraction of sp³-hybridized carbons (Fsp3) is 0.333. The van der Waals surface area contributed by atoms with Crippen LogP contribution in [-0.2, 0) is 4.79 Å². The van der Waals surface area contributed by atoms with Gasteiger partial charge in [0.15, 0.2) is 0 Å². The van der Waals surface area contributed by atoms with Crippen molar-refractivity contribution in [1.29, 1.82) is 0 Å². The summed E-state index contributed by atoms with van der Waals surface area (Å²) in [7, 11) is 0. The van der Waals surface area contributed by atoms with Crippen molar-refractivity contribution in [2.45, 2.75) is 18.6 Å². The summed E-state index contributed by atoms with van der Waals surface area (Å²) in [5.41, 5.74) is -1.04. The lowest BCUT2D eigenvalue weighted by Crippen LogP contribution is -2.41. The number of likely N-dealkylation sites (tertiary alicyclic amines) is 1. The summed E-state index contributed by atoms with van der Waals surface area (Å²) in [6.07, 6.45) is -1.32. The largest absolute Gasteiger partial charge is 0.480 e. The van der Waals surface area contributed by atoms with Gasteiger partial charge < -0.3 is 15.1 Å². The lowest BCUT2D eigenvalue weighted by Gasteiger charge is -2.21. The number of hydrogen-bond acceptors (Lipinski definition) is 3. The highest BCUT2D eigenvalue weighted by atomic mass is 19.1. The van der Waals surface area contributed by atoms with E-state index in [9.17, 15) is 27.9 Å². The first-order chi connectivity index (χ1) is 9.31. The van der Waals surface area contributed by atoms with Crippen LogP contribution in [0.4, 0.5) is 13.2 Å². The van der Waals surface area contributed by atoms with Gasteiger partial charge in [0.1, 0.15) is 29.1 Å². The second kappa shape index (κ2) is 5.12.